The summed E-state index contributed by atoms with van der Waals surface area (Å²) in [5.41, 5.74) is -1.59. The van der Waals surface area contributed by atoms with Gasteiger partial charge in [0.2, 0.25) is 11.8 Å². The summed E-state index contributed by atoms with van der Waals surface area (Å²) in [5, 5.41) is 14.4. The average Bonchev–Trinajstić information content (AvgIpc) is 3.24. The van der Waals surface area contributed by atoms with E-state index in [0.717, 1.165) is 4.88 Å². The Hall–Kier alpha value is -2.19. The standard InChI is InChI=1S/C18H22N2O5S/c1-4-24-13-9-18(16(22)23,17(13,2)3)20-14(21)8-11-10-25-15(19-11)12-6-5-7-26-12/h5-7,10,13H,4,8-9H2,1-3H3,(H,20,21)(H,22,23). The predicted octanol–water partition coefficient (Wildman–Crippen LogP) is 2.72. The molecule has 0 saturated heterocycles. The number of oxazole rings is 1. The van der Waals surface area contributed by atoms with Gasteiger partial charge in [-0.25, -0.2) is 9.78 Å². The summed E-state index contributed by atoms with van der Waals surface area (Å²) in [6.07, 6.45) is 1.42. The van der Waals surface area contributed by atoms with E-state index in [2.05, 4.69) is 10.3 Å². The Balaban J connectivity index is 1.69. The van der Waals surface area contributed by atoms with Crippen molar-refractivity contribution in [2.75, 3.05) is 6.61 Å². The molecule has 1 saturated carbocycles. The highest BCUT2D eigenvalue weighted by atomic mass is 32.1. The van der Waals surface area contributed by atoms with E-state index in [9.17, 15) is 14.7 Å². The molecule has 8 heteroatoms. The fourth-order valence-electron chi connectivity index (χ4n) is 3.39. The van der Waals surface area contributed by atoms with Crippen LogP contribution in [0.15, 0.2) is 28.2 Å². The van der Waals surface area contributed by atoms with Crippen LogP contribution in [-0.2, 0) is 20.7 Å². The van der Waals surface area contributed by atoms with E-state index in [-0.39, 0.29) is 18.9 Å². The fourth-order valence-corrected chi connectivity index (χ4v) is 4.04. The Morgan fingerprint density at radius 2 is 2.27 bits per heavy atom. The van der Waals surface area contributed by atoms with Gasteiger partial charge in [0.25, 0.3) is 0 Å². The van der Waals surface area contributed by atoms with Crippen molar-refractivity contribution in [2.45, 2.75) is 45.3 Å². The molecular formula is C18H22N2O5S. The van der Waals surface area contributed by atoms with Crippen LogP contribution < -0.4 is 5.32 Å². The highest BCUT2D eigenvalue weighted by molar-refractivity contribution is 7.13. The number of nitrogens with one attached hydrogen (secondary N) is 1. The van der Waals surface area contributed by atoms with Crippen LogP contribution in [0.3, 0.4) is 0 Å². The first-order valence-electron chi connectivity index (χ1n) is 8.44. The molecule has 2 N–H and O–H groups in total. The summed E-state index contributed by atoms with van der Waals surface area (Å²) in [6.45, 7) is 5.97. The van der Waals surface area contributed by atoms with Crippen LogP contribution in [0.25, 0.3) is 10.8 Å². The lowest BCUT2D eigenvalue weighted by atomic mass is 9.54. The highest BCUT2D eigenvalue weighted by Gasteiger charge is 2.66. The van der Waals surface area contributed by atoms with E-state index in [1.807, 2.05) is 24.4 Å². The third kappa shape index (κ3) is 3.03. The van der Waals surface area contributed by atoms with E-state index in [1.165, 1.54) is 17.6 Å². The first-order chi connectivity index (χ1) is 12.3. The summed E-state index contributed by atoms with van der Waals surface area (Å²) in [4.78, 5) is 29.6. The van der Waals surface area contributed by atoms with Gasteiger partial charge in [-0.3, -0.25) is 4.79 Å². The second kappa shape index (κ2) is 6.85. The molecule has 7 nitrogen and oxygen atoms in total. The van der Waals surface area contributed by atoms with Crippen molar-refractivity contribution in [3.63, 3.8) is 0 Å². The first-order valence-corrected chi connectivity index (χ1v) is 9.32. The Morgan fingerprint density at radius 3 is 2.85 bits per heavy atom. The molecule has 3 rings (SSSR count). The van der Waals surface area contributed by atoms with Gasteiger partial charge >= 0.3 is 5.97 Å². The summed E-state index contributed by atoms with van der Waals surface area (Å²) < 4.78 is 11.0. The summed E-state index contributed by atoms with van der Waals surface area (Å²) in [5.74, 6) is -0.996. The number of carboxylic acid groups (broad SMARTS) is 1. The maximum Gasteiger partial charge on any atom is 0.330 e. The lowest BCUT2D eigenvalue weighted by Gasteiger charge is -2.58. The van der Waals surface area contributed by atoms with Gasteiger partial charge in [0.1, 0.15) is 11.8 Å². The van der Waals surface area contributed by atoms with Crippen molar-refractivity contribution in [2.24, 2.45) is 5.41 Å². The summed E-state index contributed by atoms with van der Waals surface area (Å²) in [7, 11) is 0. The zero-order chi connectivity index (χ0) is 18.9. The lowest BCUT2D eigenvalue weighted by molar-refractivity contribution is -0.194. The molecule has 2 aromatic rings. The number of thiophene rings is 1. The van der Waals surface area contributed by atoms with Crippen LogP contribution in [0.2, 0.25) is 0 Å². The minimum atomic E-state index is -1.34. The zero-order valence-electron chi connectivity index (χ0n) is 14.9. The molecule has 2 atom stereocenters. The Kier molecular flexibility index (Phi) is 4.90. The molecule has 0 radical (unpaired) electrons. The van der Waals surface area contributed by atoms with Gasteiger partial charge in [-0.1, -0.05) is 19.9 Å². The molecule has 1 aliphatic rings. The number of nitrogens with zero attached hydrogens (tertiary/aromatic N) is 1. The number of hydrogen-bond acceptors (Lipinski definition) is 6. The fraction of sp³-hybridized carbons (Fsp3) is 0.500. The molecule has 1 amide bonds. The van der Waals surface area contributed by atoms with Gasteiger partial charge in [0.05, 0.1) is 23.1 Å². The third-order valence-corrected chi connectivity index (χ3v) is 5.97. The number of carbonyl (C=O) groups excluding carboxylic acids is 1. The Bertz CT molecular complexity index is 798. The minimum Gasteiger partial charge on any atom is -0.479 e. The maximum absolute atomic E-state index is 12.5. The molecule has 1 fully saturated rings. The molecule has 2 aromatic heterocycles. The monoisotopic (exact) mass is 378 g/mol. The van der Waals surface area contributed by atoms with Crippen molar-refractivity contribution < 1.29 is 23.8 Å². The number of rotatable bonds is 7. The molecule has 140 valence electrons. The van der Waals surface area contributed by atoms with Crippen molar-refractivity contribution in [1.82, 2.24) is 10.3 Å². The molecule has 0 spiro atoms. The van der Waals surface area contributed by atoms with Crippen molar-refractivity contribution in [3.05, 3.63) is 29.5 Å². The number of carboxylic acids is 1. The van der Waals surface area contributed by atoms with E-state index in [1.54, 1.807) is 13.8 Å². The molecule has 26 heavy (non-hydrogen) atoms. The normalized spacial score (nSPS) is 24.0. The van der Waals surface area contributed by atoms with Crippen LogP contribution in [0.5, 0.6) is 0 Å². The molecule has 0 aromatic carbocycles. The predicted molar refractivity (Wildman–Crippen MR) is 95.8 cm³/mol. The quantitative estimate of drug-likeness (QED) is 0.768. The molecule has 2 unspecified atom stereocenters. The number of ether oxygens (including phenoxy) is 1. The largest absolute Gasteiger partial charge is 0.479 e. The number of carbonyl (C=O) groups is 2. The van der Waals surface area contributed by atoms with Crippen LogP contribution in [-0.4, -0.2) is 40.2 Å². The maximum atomic E-state index is 12.5. The first kappa shape index (κ1) is 18.6. The van der Waals surface area contributed by atoms with Crippen molar-refractivity contribution >= 4 is 23.2 Å². The van der Waals surface area contributed by atoms with Gasteiger partial charge in [0.15, 0.2) is 0 Å². The van der Waals surface area contributed by atoms with Gasteiger partial charge in [-0.15, -0.1) is 11.3 Å². The Morgan fingerprint density at radius 1 is 1.50 bits per heavy atom. The van der Waals surface area contributed by atoms with Gasteiger partial charge in [-0.05, 0) is 18.4 Å². The SMILES string of the molecule is CCOC1CC(NC(=O)Cc2coc(-c3cccs3)n2)(C(=O)O)C1(C)C. The van der Waals surface area contributed by atoms with E-state index in [4.69, 9.17) is 9.15 Å². The van der Waals surface area contributed by atoms with Gasteiger partial charge < -0.3 is 19.6 Å². The van der Waals surface area contributed by atoms with Crippen LogP contribution in [0.1, 0.15) is 32.9 Å². The van der Waals surface area contributed by atoms with Crippen LogP contribution >= 0.6 is 11.3 Å². The number of aromatic nitrogens is 1. The second-order valence-electron chi connectivity index (χ2n) is 6.93. The van der Waals surface area contributed by atoms with Gasteiger partial charge in [-0.2, -0.15) is 0 Å². The average molecular weight is 378 g/mol. The van der Waals surface area contributed by atoms with E-state index >= 15 is 0 Å². The van der Waals surface area contributed by atoms with Gasteiger partial charge in [0, 0.05) is 18.4 Å². The summed E-state index contributed by atoms with van der Waals surface area (Å²) in [6, 6.07) is 3.77. The Labute approximate surface area is 155 Å². The van der Waals surface area contributed by atoms with Crippen LogP contribution in [0, 0.1) is 5.41 Å². The summed E-state index contributed by atoms with van der Waals surface area (Å²) >= 11 is 1.49. The lowest BCUT2D eigenvalue weighted by Crippen LogP contribution is -2.76. The topological polar surface area (TPSA) is 102 Å². The molecule has 0 bridgehead atoms. The van der Waals surface area contributed by atoms with Crippen molar-refractivity contribution in [3.8, 4) is 10.8 Å². The molecular weight excluding hydrogens is 356 g/mol. The minimum absolute atomic E-state index is 0.0424. The molecule has 0 aliphatic heterocycles. The molecule has 2 heterocycles. The highest BCUT2D eigenvalue weighted by Crippen LogP contribution is 2.51. The molecule has 1 aliphatic carbocycles. The zero-order valence-corrected chi connectivity index (χ0v) is 15.8. The third-order valence-electron chi connectivity index (χ3n) is 5.11. The van der Waals surface area contributed by atoms with E-state index < -0.39 is 22.8 Å². The van der Waals surface area contributed by atoms with Crippen LogP contribution in [0.4, 0.5) is 0 Å². The second-order valence-corrected chi connectivity index (χ2v) is 7.87. The number of aliphatic carboxylic acids is 1. The smallest absolute Gasteiger partial charge is 0.330 e. The van der Waals surface area contributed by atoms with E-state index in [0.29, 0.717) is 18.2 Å². The van der Waals surface area contributed by atoms with Crippen molar-refractivity contribution in [1.29, 1.82) is 0 Å². The number of amides is 1. The number of hydrogen-bond donors (Lipinski definition) is 2.